The lowest BCUT2D eigenvalue weighted by Gasteiger charge is -2.03. The fraction of sp³-hybridized carbons (Fsp3) is 0.0909. The number of H-pyrrole nitrogens is 1. The van der Waals surface area contributed by atoms with Crippen LogP contribution in [0.5, 0.6) is 0 Å². The maximum Gasteiger partial charge on any atom is 0.354 e. The molecule has 17 heavy (non-hydrogen) atoms. The molecule has 1 aromatic carbocycles. The minimum Gasteiger partial charge on any atom is -0.464 e. The first-order valence-corrected chi connectivity index (χ1v) is 5.42. The van der Waals surface area contributed by atoms with Crippen LogP contribution in [0.15, 0.2) is 27.5 Å². The molecule has 0 aliphatic carbocycles. The van der Waals surface area contributed by atoms with Crippen LogP contribution in [-0.2, 0) is 4.74 Å². The van der Waals surface area contributed by atoms with Gasteiger partial charge >= 0.3 is 5.97 Å². The van der Waals surface area contributed by atoms with Crippen molar-refractivity contribution in [1.29, 1.82) is 0 Å². The van der Waals surface area contributed by atoms with E-state index in [0.29, 0.717) is 4.47 Å². The van der Waals surface area contributed by atoms with Crippen molar-refractivity contribution in [3.05, 3.63) is 44.5 Å². The fourth-order valence-electron chi connectivity index (χ4n) is 1.51. The van der Waals surface area contributed by atoms with Gasteiger partial charge in [-0.2, -0.15) is 0 Å². The number of halogens is 2. The van der Waals surface area contributed by atoms with E-state index in [1.54, 1.807) is 0 Å². The van der Waals surface area contributed by atoms with Gasteiger partial charge in [-0.15, -0.1) is 0 Å². The van der Waals surface area contributed by atoms with Crippen LogP contribution in [0.3, 0.4) is 0 Å². The summed E-state index contributed by atoms with van der Waals surface area (Å²) in [4.78, 5) is 25.3. The number of nitrogens with one attached hydrogen (secondary N) is 1. The minimum absolute atomic E-state index is 0.0776. The van der Waals surface area contributed by atoms with Crippen molar-refractivity contribution in [2.24, 2.45) is 0 Å². The number of hydrogen-bond acceptors (Lipinski definition) is 3. The summed E-state index contributed by atoms with van der Waals surface area (Å²) in [5.41, 5.74) is -0.616. The number of carbonyl (C=O) groups excluding carboxylic acids is 1. The van der Waals surface area contributed by atoms with Crippen molar-refractivity contribution in [2.45, 2.75) is 0 Å². The Balaban J connectivity index is 2.82. The standard InChI is InChI=1S/C11H7BrFNO3/c1-17-11(16)9-4-6-7(10(15)14-9)2-5(12)3-8(6)13/h2-4H,1H3,(H,14,15). The number of methoxy groups -OCH3 is 1. The SMILES string of the molecule is COC(=O)c1cc2c(F)cc(Br)cc2c(=O)[nH]1. The first-order valence-electron chi connectivity index (χ1n) is 4.63. The highest BCUT2D eigenvalue weighted by Gasteiger charge is 2.12. The third kappa shape index (κ3) is 2.08. The second-order valence-electron chi connectivity index (χ2n) is 3.35. The van der Waals surface area contributed by atoms with Gasteiger partial charge in [-0.3, -0.25) is 4.79 Å². The molecule has 0 aliphatic heterocycles. The second kappa shape index (κ2) is 4.29. The first-order chi connectivity index (χ1) is 8.02. The third-order valence-corrected chi connectivity index (χ3v) is 2.74. The first kappa shape index (κ1) is 11.8. The molecule has 2 aromatic rings. The molecule has 0 saturated heterocycles. The highest BCUT2D eigenvalue weighted by atomic mass is 79.9. The van der Waals surface area contributed by atoms with Crippen LogP contribution in [0.2, 0.25) is 0 Å². The highest BCUT2D eigenvalue weighted by Crippen LogP contribution is 2.21. The van der Waals surface area contributed by atoms with Crippen LogP contribution in [0.25, 0.3) is 10.8 Å². The highest BCUT2D eigenvalue weighted by molar-refractivity contribution is 9.10. The van der Waals surface area contributed by atoms with Crippen molar-refractivity contribution in [1.82, 2.24) is 4.98 Å². The summed E-state index contributed by atoms with van der Waals surface area (Å²) in [7, 11) is 1.18. The van der Waals surface area contributed by atoms with E-state index in [2.05, 4.69) is 25.7 Å². The van der Waals surface area contributed by atoms with Gasteiger partial charge in [-0.05, 0) is 18.2 Å². The van der Waals surface area contributed by atoms with Crippen LogP contribution >= 0.6 is 15.9 Å². The molecule has 0 radical (unpaired) electrons. The Morgan fingerprint density at radius 2 is 2.06 bits per heavy atom. The van der Waals surface area contributed by atoms with E-state index in [4.69, 9.17) is 0 Å². The predicted octanol–water partition coefficient (Wildman–Crippen LogP) is 2.22. The van der Waals surface area contributed by atoms with Crippen molar-refractivity contribution in [3.63, 3.8) is 0 Å². The van der Waals surface area contributed by atoms with Gasteiger partial charge < -0.3 is 9.72 Å². The van der Waals surface area contributed by atoms with Gasteiger partial charge in [0.15, 0.2) is 0 Å². The smallest absolute Gasteiger partial charge is 0.354 e. The normalized spacial score (nSPS) is 10.5. The summed E-state index contributed by atoms with van der Waals surface area (Å²) < 4.78 is 18.6. The third-order valence-electron chi connectivity index (χ3n) is 2.28. The summed E-state index contributed by atoms with van der Waals surface area (Å²) in [6.07, 6.45) is 0. The molecular formula is C11H7BrFNO3. The van der Waals surface area contributed by atoms with Gasteiger partial charge in [-0.25, -0.2) is 9.18 Å². The van der Waals surface area contributed by atoms with Crippen LogP contribution in [0.4, 0.5) is 4.39 Å². The van der Waals surface area contributed by atoms with Gasteiger partial charge in [-0.1, -0.05) is 15.9 Å². The van der Waals surface area contributed by atoms with Crippen LogP contribution in [0.1, 0.15) is 10.5 Å². The van der Waals surface area contributed by atoms with E-state index >= 15 is 0 Å². The van der Waals surface area contributed by atoms with E-state index in [1.807, 2.05) is 0 Å². The summed E-state index contributed by atoms with van der Waals surface area (Å²) in [5.74, 6) is -1.29. The molecule has 88 valence electrons. The molecule has 1 aromatic heterocycles. The topological polar surface area (TPSA) is 59.2 Å². The van der Waals surface area contributed by atoms with E-state index in [-0.39, 0.29) is 16.5 Å². The number of hydrogen-bond donors (Lipinski definition) is 1. The number of pyridine rings is 1. The lowest BCUT2D eigenvalue weighted by Crippen LogP contribution is -2.14. The lowest BCUT2D eigenvalue weighted by atomic mass is 10.1. The number of aromatic amines is 1. The van der Waals surface area contributed by atoms with Gasteiger partial charge in [0, 0.05) is 9.86 Å². The zero-order valence-corrected chi connectivity index (χ0v) is 10.3. The second-order valence-corrected chi connectivity index (χ2v) is 4.27. The maximum absolute atomic E-state index is 13.6. The Morgan fingerprint density at radius 1 is 1.35 bits per heavy atom. The number of carbonyl (C=O) groups is 1. The molecule has 1 heterocycles. The predicted molar refractivity (Wildman–Crippen MR) is 63.6 cm³/mol. The molecule has 1 N–H and O–H groups in total. The maximum atomic E-state index is 13.6. The van der Waals surface area contributed by atoms with Crippen LogP contribution in [-0.4, -0.2) is 18.1 Å². The Morgan fingerprint density at radius 3 is 2.71 bits per heavy atom. The molecule has 0 unspecified atom stereocenters. The molecule has 0 aliphatic rings. The van der Waals surface area contributed by atoms with Crippen molar-refractivity contribution < 1.29 is 13.9 Å². The van der Waals surface area contributed by atoms with Crippen LogP contribution < -0.4 is 5.56 Å². The number of ether oxygens (including phenoxy) is 1. The summed E-state index contributed by atoms with van der Waals surface area (Å²) in [6.45, 7) is 0. The average Bonchev–Trinajstić information content (AvgIpc) is 2.29. The molecule has 0 saturated carbocycles. The molecule has 0 atom stereocenters. The molecular weight excluding hydrogens is 293 g/mol. The number of aromatic nitrogens is 1. The van der Waals surface area contributed by atoms with Crippen molar-refractivity contribution in [3.8, 4) is 0 Å². The van der Waals surface area contributed by atoms with Gasteiger partial charge in [0.25, 0.3) is 5.56 Å². The molecule has 0 spiro atoms. The summed E-state index contributed by atoms with van der Waals surface area (Å²) in [5, 5.41) is 0.252. The van der Waals surface area contributed by atoms with E-state index in [1.165, 1.54) is 25.3 Å². The number of benzene rings is 1. The summed E-state index contributed by atoms with van der Waals surface area (Å²) in [6, 6.07) is 3.96. The largest absolute Gasteiger partial charge is 0.464 e. The van der Waals surface area contributed by atoms with Gasteiger partial charge in [0.1, 0.15) is 11.5 Å². The van der Waals surface area contributed by atoms with Gasteiger partial charge in [0.2, 0.25) is 0 Å². The monoisotopic (exact) mass is 299 g/mol. The van der Waals surface area contributed by atoms with Crippen molar-refractivity contribution >= 4 is 32.7 Å². The molecule has 0 fully saturated rings. The zero-order valence-electron chi connectivity index (χ0n) is 8.71. The molecule has 6 heteroatoms. The lowest BCUT2D eigenvalue weighted by molar-refractivity contribution is 0.0594. The van der Waals surface area contributed by atoms with E-state index < -0.39 is 17.3 Å². The Kier molecular flexibility index (Phi) is 2.97. The number of esters is 1. The van der Waals surface area contributed by atoms with Crippen LogP contribution in [0, 0.1) is 5.82 Å². The minimum atomic E-state index is -0.716. The van der Waals surface area contributed by atoms with Gasteiger partial charge in [0.05, 0.1) is 12.5 Å². The van der Waals surface area contributed by atoms with E-state index in [9.17, 15) is 14.0 Å². The molecule has 0 amide bonds. The molecule has 4 nitrogen and oxygen atoms in total. The Hall–Kier alpha value is -1.69. The quantitative estimate of drug-likeness (QED) is 0.822. The average molecular weight is 300 g/mol. The summed E-state index contributed by atoms with van der Waals surface area (Å²) >= 11 is 3.09. The Labute approximate surface area is 104 Å². The molecule has 2 rings (SSSR count). The van der Waals surface area contributed by atoms with Crippen molar-refractivity contribution in [2.75, 3.05) is 7.11 Å². The molecule has 0 bridgehead atoms. The zero-order chi connectivity index (χ0) is 12.6. The number of rotatable bonds is 1. The van der Waals surface area contributed by atoms with E-state index in [0.717, 1.165) is 0 Å². The Bertz CT molecular complexity index is 666. The number of fused-ring (bicyclic) bond motifs is 1. The fourth-order valence-corrected chi connectivity index (χ4v) is 1.94.